The Bertz CT molecular complexity index is 373. The van der Waals surface area contributed by atoms with Crippen molar-refractivity contribution < 1.29 is 9.47 Å². The molecule has 0 bridgehead atoms. The monoisotopic (exact) mass is 202 g/mol. The standard InChI is InChI=1S/C11H10N2O2/c1-11(14-8-12,15-9-13)7-10-5-3-2-4-6-10/h2-6H,7H2,1H3. The summed E-state index contributed by atoms with van der Waals surface area (Å²) >= 11 is 0. The average molecular weight is 202 g/mol. The van der Waals surface area contributed by atoms with Gasteiger partial charge in [-0.2, -0.15) is 10.5 Å². The summed E-state index contributed by atoms with van der Waals surface area (Å²) in [6.45, 7) is 1.55. The highest BCUT2D eigenvalue weighted by molar-refractivity contribution is 5.16. The van der Waals surface area contributed by atoms with Crippen LogP contribution in [0.25, 0.3) is 0 Å². The van der Waals surface area contributed by atoms with Crippen LogP contribution in [0.5, 0.6) is 0 Å². The van der Waals surface area contributed by atoms with E-state index < -0.39 is 5.79 Å². The molecule has 4 heteroatoms. The molecule has 0 fully saturated rings. The number of hydrogen-bond donors (Lipinski definition) is 0. The minimum absolute atomic E-state index is 0.342. The fourth-order valence-electron chi connectivity index (χ4n) is 1.25. The van der Waals surface area contributed by atoms with E-state index >= 15 is 0 Å². The summed E-state index contributed by atoms with van der Waals surface area (Å²) in [5, 5.41) is 16.9. The van der Waals surface area contributed by atoms with Crippen molar-refractivity contribution in [1.29, 1.82) is 10.5 Å². The molecule has 0 aliphatic heterocycles. The number of benzene rings is 1. The predicted octanol–water partition coefficient (Wildman–Crippen LogP) is 1.94. The van der Waals surface area contributed by atoms with Crippen LogP contribution >= 0.6 is 0 Å². The molecule has 0 atom stereocenters. The minimum atomic E-state index is -1.22. The van der Waals surface area contributed by atoms with Crippen LogP contribution in [0.15, 0.2) is 30.3 Å². The van der Waals surface area contributed by atoms with E-state index in [1.165, 1.54) is 12.5 Å². The molecule has 1 aromatic carbocycles. The summed E-state index contributed by atoms with van der Waals surface area (Å²) in [6.07, 6.45) is 3.42. The van der Waals surface area contributed by atoms with Crippen molar-refractivity contribution in [3.05, 3.63) is 35.9 Å². The smallest absolute Gasteiger partial charge is 0.290 e. The maximum atomic E-state index is 8.44. The zero-order chi connectivity index (χ0) is 11.1. The minimum Gasteiger partial charge on any atom is -0.381 e. The van der Waals surface area contributed by atoms with Crippen LogP contribution in [0.2, 0.25) is 0 Å². The Morgan fingerprint density at radius 2 is 1.67 bits per heavy atom. The molecular formula is C11H10N2O2. The third-order valence-electron chi connectivity index (χ3n) is 1.89. The Morgan fingerprint density at radius 1 is 1.13 bits per heavy atom. The molecule has 0 spiro atoms. The Hall–Kier alpha value is -2.20. The summed E-state index contributed by atoms with van der Waals surface area (Å²) in [7, 11) is 0. The Morgan fingerprint density at radius 3 is 2.13 bits per heavy atom. The Balaban J connectivity index is 2.77. The SMILES string of the molecule is CC(Cc1ccccc1)(OC#N)OC#N. The maximum Gasteiger partial charge on any atom is 0.290 e. The highest BCUT2D eigenvalue weighted by Gasteiger charge is 2.28. The van der Waals surface area contributed by atoms with Crippen molar-refractivity contribution in [2.75, 3.05) is 0 Å². The van der Waals surface area contributed by atoms with E-state index in [4.69, 9.17) is 20.0 Å². The van der Waals surface area contributed by atoms with Gasteiger partial charge in [-0.1, -0.05) is 30.3 Å². The highest BCUT2D eigenvalue weighted by atomic mass is 16.7. The molecule has 76 valence electrons. The van der Waals surface area contributed by atoms with E-state index in [0.717, 1.165) is 5.56 Å². The molecule has 0 N–H and O–H groups in total. The number of hydrogen-bond acceptors (Lipinski definition) is 4. The Kier molecular flexibility index (Phi) is 3.54. The van der Waals surface area contributed by atoms with E-state index in [1.807, 2.05) is 30.3 Å². The molecule has 0 heterocycles. The van der Waals surface area contributed by atoms with Gasteiger partial charge < -0.3 is 9.47 Å². The second-order valence-electron chi connectivity index (χ2n) is 3.18. The largest absolute Gasteiger partial charge is 0.381 e. The first-order valence-electron chi connectivity index (χ1n) is 4.38. The lowest BCUT2D eigenvalue weighted by Crippen LogP contribution is -2.31. The molecule has 0 radical (unpaired) electrons. The van der Waals surface area contributed by atoms with Crippen LogP contribution in [-0.2, 0) is 15.9 Å². The maximum absolute atomic E-state index is 8.44. The van der Waals surface area contributed by atoms with Gasteiger partial charge in [0.2, 0.25) is 0 Å². The van der Waals surface area contributed by atoms with Crippen molar-refractivity contribution in [2.24, 2.45) is 0 Å². The second-order valence-corrected chi connectivity index (χ2v) is 3.18. The van der Waals surface area contributed by atoms with Gasteiger partial charge >= 0.3 is 0 Å². The molecule has 0 saturated carbocycles. The van der Waals surface area contributed by atoms with E-state index in [0.29, 0.717) is 6.42 Å². The average Bonchev–Trinajstić information content (AvgIpc) is 2.19. The number of ether oxygens (including phenoxy) is 2. The molecule has 0 saturated heterocycles. The highest BCUT2D eigenvalue weighted by Crippen LogP contribution is 2.18. The summed E-state index contributed by atoms with van der Waals surface area (Å²) in [6, 6.07) is 9.37. The molecule has 1 aromatic rings. The van der Waals surface area contributed by atoms with E-state index in [9.17, 15) is 0 Å². The molecule has 0 aliphatic carbocycles. The van der Waals surface area contributed by atoms with Gasteiger partial charge in [-0.25, -0.2) is 0 Å². The lowest BCUT2D eigenvalue weighted by molar-refractivity contribution is -0.141. The predicted molar refractivity (Wildman–Crippen MR) is 51.9 cm³/mol. The number of nitriles is 2. The van der Waals surface area contributed by atoms with Crippen molar-refractivity contribution in [3.8, 4) is 12.5 Å². The van der Waals surface area contributed by atoms with Crippen LogP contribution in [0, 0.1) is 23.0 Å². The van der Waals surface area contributed by atoms with Crippen molar-refractivity contribution >= 4 is 0 Å². The molecular weight excluding hydrogens is 192 g/mol. The third-order valence-corrected chi connectivity index (χ3v) is 1.89. The van der Waals surface area contributed by atoms with Crippen molar-refractivity contribution in [2.45, 2.75) is 19.1 Å². The molecule has 0 unspecified atom stereocenters. The second kappa shape index (κ2) is 4.88. The molecule has 0 aromatic heterocycles. The van der Waals surface area contributed by atoms with Crippen LogP contribution in [0.1, 0.15) is 12.5 Å². The molecule has 0 aliphatic rings. The van der Waals surface area contributed by atoms with Crippen LogP contribution in [0.4, 0.5) is 0 Å². The molecule has 1 rings (SSSR count). The van der Waals surface area contributed by atoms with Gasteiger partial charge in [0.25, 0.3) is 18.3 Å². The third kappa shape index (κ3) is 3.21. The van der Waals surface area contributed by atoms with Crippen LogP contribution in [-0.4, -0.2) is 5.79 Å². The zero-order valence-electron chi connectivity index (χ0n) is 8.30. The summed E-state index contributed by atoms with van der Waals surface area (Å²) < 4.78 is 9.47. The summed E-state index contributed by atoms with van der Waals surface area (Å²) in [4.78, 5) is 0. The van der Waals surface area contributed by atoms with Gasteiger partial charge in [0.05, 0.1) is 6.42 Å². The molecule has 0 amide bonds. The van der Waals surface area contributed by atoms with Gasteiger partial charge in [0.15, 0.2) is 0 Å². The zero-order valence-corrected chi connectivity index (χ0v) is 8.30. The van der Waals surface area contributed by atoms with Crippen molar-refractivity contribution in [1.82, 2.24) is 0 Å². The fraction of sp³-hybridized carbons (Fsp3) is 0.273. The van der Waals surface area contributed by atoms with E-state index in [2.05, 4.69) is 0 Å². The Labute approximate surface area is 88.3 Å². The van der Waals surface area contributed by atoms with E-state index in [1.54, 1.807) is 6.92 Å². The number of rotatable bonds is 4. The quantitative estimate of drug-likeness (QED) is 0.552. The van der Waals surface area contributed by atoms with Gasteiger partial charge in [-0.05, 0) is 5.56 Å². The number of nitrogens with zero attached hydrogens (tertiary/aromatic N) is 2. The van der Waals surface area contributed by atoms with Gasteiger partial charge in [-0.15, -0.1) is 0 Å². The van der Waals surface area contributed by atoms with Gasteiger partial charge in [0.1, 0.15) is 0 Å². The lowest BCUT2D eigenvalue weighted by Gasteiger charge is -2.22. The topological polar surface area (TPSA) is 66.0 Å². The molecule has 4 nitrogen and oxygen atoms in total. The van der Waals surface area contributed by atoms with Gasteiger partial charge in [0, 0.05) is 6.92 Å². The first-order chi connectivity index (χ1) is 7.20. The normalized spacial score (nSPS) is 9.80. The van der Waals surface area contributed by atoms with Crippen LogP contribution in [0.3, 0.4) is 0 Å². The summed E-state index contributed by atoms with van der Waals surface area (Å²) in [5.41, 5.74) is 0.936. The molecule has 15 heavy (non-hydrogen) atoms. The first kappa shape index (κ1) is 10.9. The lowest BCUT2D eigenvalue weighted by atomic mass is 10.1. The fourth-order valence-corrected chi connectivity index (χ4v) is 1.25. The van der Waals surface area contributed by atoms with Crippen molar-refractivity contribution in [3.63, 3.8) is 0 Å². The van der Waals surface area contributed by atoms with E-state index in [-0.39, 0.29) is 0 Å². The van der Waals surface area contributed by atoms with Gasteiger partial charge in [-0.3, -0.25) is 0 Å². The van der Waals surface area contributed by atoms with Crippen LogP contribution < -0.4 is 0 Å². The summed E-state index contributed by atoms with van der Waals surface area (Å²) in [5.74, 6) is -1.22. The first-order valence-corrected chi connectivity index (χ1v) is 4.38.